The van der Waals surface area contributed by atoms with E-state index in [0.29, 0.717) is 24.1 Å². The van der Waals surface area contributed by atoms with E-state index < -0.39 is 15.6 Å². The van der Waals surface area contributed by atoms with Crippen LogP contribution < -0.4 is 11.4 Å². The maximum Gasteiger partial charge on any atom is 0.336 e. The third kappa shape index (κ3) is 3.56. The van der Waals surface area contributed by atoms with Gasteiger partial charge in [-0.1, -0.05) is 0 Å². The fourth-order valence-corrected chi connectivity index (χ4v) is 3.90. The number of hydrogen-bond donors (Lipinski definition) is 1. The van der Waals surface area contributed by atoms with Gasteiger partial charge in [0.25, 0.3) is 0 Å². The van der Waals surface area contributed by atoms with Crippen LogP contribution in [-0.2, 0) is 14.8 Å². The number of halogens is 1. The van der Waals surface area contributed by atoms with E-state index in [9.17, 15) is 13.2 Å². The lowest BCUT2D eigenvalue weighted by Crippen LogP contribution is -2.48. The Balaban J connectivity index is 0.00000192. The zero-order chi connectivity index (χ0) is 15.7. The summed E-state index contributed by atoms with van der Waals surface area (Å²) in [5.74, 6) is 0. The largest absolute Gasteiger partial charge is 0.423 e. The highest BCUT2D eigenvalue weighted by atomic mass is 35.5. The van der Waals surface area contributed by atoms with Gasteiger partial charge in [0.05, 0.1) is 17.6 Å². The molecule has 1 aromatic heterocycles. The summed E-state index contributed by atoms with van der Waals surface area (Å²) in [4.78, 5) is 11.3. The summed E-state index contributed by atoms with van der Waals surface area (Å²) in [6.45, 7) is 1.12. The van der Waals surface area contributed by atoms with Crippen molar-refractivity contribution in [3.8, 4) is 0 Å². The van der Waals surface area contributed by atoms with Gasteiger partial charge in [-0.25, -0.2) is 13.2 Å². The second-order valence-electron chi connectivity index (χ2n) is 5.05. The molecule has 1 fully saturated rings. The van der Waals surface area contributed by atoms with Gasteiger partial charge in [0.15, 0.2) is 0 Å². The van der Waals surface area contributed by atoms with Crippen molar-refractivity contribution in [3.05, 3.63) is 40.8 Å². The molecule has 2 aromatic rings. The number of benzene rings is 1. The molecule has 1 aromatic carbocycles. The third-order valence-corrected chi connectivity index (χ3v) is 5.45. The summed E-state index contributed by atoms with van der Waals surface area (Å²) in [5.41, 5.74) is 5.43. The van der Waals surface area contributed by atoms with E-state index in [0.717, 1.165) is 0 Å². The fraction of sp³-hybridized carbons (Fsp3) is 0.357. The van der Waals surface area contributed by atoms with Crippen molar-refractivity contribution < 1.29 is 17.6 Å². The summed E-state index contributed by atoms with van der Waals surface area (Å²) in [6, 6.07) is 7.23. The van der Waals surface area contributed by atoms with Crippen molar-refractivity contribution in [2.75, 3.05) is 26.2 Å². The Morgan fingerprint density at radius 3 is 2.78 bits per heavy atom. The van der Waals surface area contributed by atoms with Gasteiger partial charge in [0.2, 0.25) is 10.0 Å². The van der Waals surface area contributed by atoms with Gasteiger partial charge >= 0.3 is 5.63 Å². The van der Waals surface area contributed by atoms with Crippen molar-refractivity contribution in [1.29, 1.82) is 0 Å². The Labute approximate surface area is 139 Å². The van der Waals surface area contributed by atoms with Crippen LogP contribution in [-0.4, -0.2) is 45.1 Å². The van der Waals surface area contributed by atoms with Crippen LogP contribution in [0.25, 0.3) is 11.0 Å². The minimum atomic E-state index is -3.63. The lowest BCUT2D eigenvalue weighted by Gasteiger charge is -2.31. The molecule has 1 saturated heterocycles. The van der Waals surface area contributed by atoms with E-state index in [1.807, 2.05) is 0 Å². The third-order valence-electron chi connectivity index (χ3n) is 3.59. The molecule has 0 amide bonds. The van der Waals surface area contributed by atoms with Crippen LogP contribution in [0, 0.1) is 0 Å². The lowest BCUT2D eigenvalue weighted by molar-refractivity contribution is 0.00451. The normalized spacial score (nSPS) is 19.4. The van der Waals surface area contributed by atoms with Crippen molar-refractivity contribution in [1.82, 2.24) is 4.31 Å². The van der Waals surface area contributed by atoms with E-state index >= 15 is 0 Å². The number of nitrogens with two attached hydrogens (primary N) is 1. The van der Waals surface area contributed by atoms with E-state index in [-0.39, 0.29) is 36.5 Å². The lowest BCUT2D eigenvalue weighted by atomic mass is 10.2. The first-order valence-corrected chi connectivity index (χ1v) is 8.30. The monoisotopic (exact) mass is 360 g/mol. The van der Waals surface area contributed by atoms with Crippen molar-refractivity contribution >= 4 is 33.4 Å². The molecular weight excluding hydrogens is 344 g/mol. The maximum atomic E-state index is 12.7. The summed E-state index contributed by atoms with van der Waals surface area (Å²) in [7, 11) is -3.63. The Bertz CT molecular complexity index is 852. The van der Waals surface area contributed by atoms with E-state index in [1.165, 1.54) is 28.6 Å². The zero-order valence-corrected chi connectivity index (χ0v) is 13.8. The standard InChI is InChI=1S/C14H16N2O5S.ClH/c15-8-11-9-16(5-6-20-11)22(18,19)12-2-3-13-10(7-12)1-4-14(17)21-13;/h1-4,7,11H,5-6,8-9,15H2;1H. The zero-order valence-electron chi connectivity index (χ0n) is 12.2. The number of ether oxygens (including phenoxy) is 1. The maximum absolute atomic E-state index is 12.7. The van der Waals surface area contributed by atoms with Crippen LogP contribution in [0.3, 0.4) is 0 Å². The summed E-state index contributed by atoms with van der Waals surface area (Å²) < 4.78 is 37.2. The summed E-state index contributed by atoms with van der Waals surface area (Å²) >= 11 is 0. The van der Waals surface area contributed by atoms with Gasteiger partial charge in [-0.05, 0) is 24.3 Å². The van der Waals surface area contributed by atoms with Gasteiger partial charge in [-0.3, -0.25) is 0 Å². The highest BCUT2D eigenvalue weighted by Gasteiger charge is 2.30. The number of rotatable bonds is 3. The van der Waals surface area contributed by atoms with Crippen LogP contribution in [0.1, 0.15) is 0 Å². The topological polar surface area (TPSA) is 103 Å². The van der Waals surface area contributed by atoms with Crippen molar-refractivity contribution in [2.45, 2.75) is 11.0 Å². The molecule has 2 N–H and O–H groups in total. The van der Waals surface area contributed by atoms with Gasteiger partial charge < -0.3 is 14.9 Å². The number of sulfonamides is 1. The smallest absolute Gasteiger partial charge is 0.336 e. The molecule has 0 aliphatic carbocycles. The molecule has 0 radical (unpaired) electrons. The minimum Gasteiger partial charge on any atom is -0.423 e. The molecule has 2 heterocycles. The molecular formula is C14H17ClN2O5S. The number of hydrogen-bond acceptors (Lipinski definition) is 6. The molecule has 1 atom stereocenters. The highest BCUT2D eigenvalue weighted by Crippen LogP contribution is 2.22. The molecule has 0 saturated carbocycles. The summed E-state index contributed by atoms with van der Waals surface area (Å²) in [5, 5.41) is 0.560. The molecule has 1 aliphatic rings. The molecule has 9 heteroatoms. The van der Waals surface area contributed by atoms with E-state index in [1.54, 1.807) is 6.07 Å². The van der Waals surface area contributed by atoms with Gasteiger partial charge in [-0.2, -0.15) is 4.31 Å². The quantitative estimate of drug-likeness (QED) is 0.802. The molecule has 7 nitrogen and oxygen atoms in total. The van der Waals surface area contributed by atoms with Crippen LogP contribution >= 0.6 is 12.4 Å². The van der Waals surface area contributed by atoms with Gasteiger partial charge in [0, 0.05) is 31.1 Å². The average molecular weight is 361 g/mol. The van der Waals surface area contributed by atoms with Crippen molar-refractivity contribution in [3.63, 3.8) is 0 Å². The molecule has 0 spiro atoms. The fourth-order valence-electron chi connectivity index (χ4n) is 2.41. The SMILES string of the molecule is Cl.NCC1CN(S(=O)(=O)c2ccc3oc(=O)ccc3c2)CCO1. The van der Waals surface area contributed by atoms with Gasteiger partial charge in [-0.15, -0.1) is 12.4 Å². The predicted octanol–water partition coefficient (Wildman–Crippen LogP) is 0.563. The van der Waals surface area contributed by atoms with Gasteiger partial charge in [0.1, 0.15) is 5.58 Å². The second-order valence-corrected chi connectivity index (χ2v) is 6.98. The second kappa shape index (κ2) is 6.98. The first-order valence-electron chi connectivity index (χ1n) is 6.86. The molecule has 3 rings (SSSR count). The minimum absolute atomic E-state index is 0. The van der Waals surface area contributed by atoms with Crippen molar-refractivity contribution in [2.24, 2.45) is 5.73 Å². The Hall–Kier alpha value is -1.45. The molecule has 126 valence electrons. The Morgan fingerprint density at radius 1 is 1.26 bits per heavy atom. The highest BCUT2D eigenvalue weighted by molar-refractivity contribution is 7.89. The van der Waals surface area contributed by atoms with Crippen LogP contribution in [0.5, 0.6) is 0 Å². The molecule has 0 bridgehead atoms. The van der Waals surface area contributed by atoms with Crippen LogP contribution in [0.15, 0.2) is 44.4 Å². The van der Waals surface area contributed by atoms with Crippen LogP contribution in [0.4, 0.5) is 0 Å². The first-order chi connectivity index (χ1) is 10.5. The number of fused-ring (bicyclic) bond motifs is 1. The number of morpholine rings is 1. The number of nitrogens with zero attached hydrogens (tertiary/aromatic N) is 1. The van der Waals surface area contributed by atoms with E-state index in [2.05, 4.69) is 0 Å². The Kier molecular flexibility index (Phi) is 5.43. The Morgan fingerprint density at radius 2 is 2.04 bits per heavy atom. The predicted molar refractivity (Wildman–Crippen MR) is 87.3 cm³/mol. The first kappa shape index (κ1) is 17.9. The summed E-state index contributed by atoms with van der Waals surface area (Å²) in [6.07, 6.45) is -0.290. The molecule has 23 heavy (non-hydrogen) atoms. The molecule has 1 unspecified atom stereocenters. The molecule has 1 aliphatic heterocycles. The van der Waals surface area contributed by atoms with E-state index in [4.69, 9.17) is 14.9 Å². The van der Waals surface area contributed by atoms with Crippen LogP contribution in [0.2, 0.25) is 0 Å². The average Bonchev–Trinajstić information content (AvgIpc) is 2.54.